The molecule has 1 amide bonds. The Morgan fingerprint density at radius 3 is 2.88 bits per heavy atom. The number of guanidine groups is 1. The van der Waals surface area contributed by atoms with Crippen LogP contribution in [0.2, 0.25) is 0 Å². The summed E-state index contributed by atoms with van der Waals surface area (Å²) in [5.74, 6) is -0.365. The van der Waals surface area contributed by atoms with E-state index in [-0.39, 0.29) is 11.9 Å². The van der Waals surface area contributed by atoms with Gasteiger partial charge in [-0.3, -0.25) is 4.79 Å². The Balaban J connectivity index is 1.66. The molecule has 10 nitrogen and oxygen atoms in total. The van der Waals surface area contributed by atoms with Crippen LogP contribution in [0.3, 0.4) is 0 Å². The molecule has 0 aliphatic carbocycles. The molecule has 0 aliphatic rings. The summed E-state index contributed by atoms with van der Waals surface area (Å²) in [5.41, 5.74) is 11.4. The molecule has 0 aliphatic heterocycles. The quantitative estimate of drug-likeness (QED) is 0.131. The maximum atomic E-state index is 12.1. The number of rotatable bonds is 9. The number of fused-ring (bicyclic) bond motifs is 1. The summed E-state index contributed by atoms with van der Waals surface area (Å²) in [7, 11) is 0. The van der Waals surface area contributed by atoms with Crippen LogP contribution in [-0.2, 0) is 11.2 Å². The average Bonchev–Trinajstić information content (AvgIpc) is 3.01. The van der Waals surface area contributed by atoms with Gasteiger partial charge in [0.2, 0.25) is 0 Å². The summed E-state index contributed by atoms with van der Waals surface area (Å²) in [4.78, 5) is 25.4. The molecule has 10 heteroatoms. The van der Waals surface area contributed by atoms with Crippen molar-refractivity contribution in [2.24, 2.45) is 10.8 Å². The normalized spacial score (nSPS) is 12.7. The number of para-hydroxylation sites is 1. The number of benzene rings is 1. The highest BCUT2D eigenvalue weighted by Crippen LogP contribution is 2.17. The lowest BCUT2D eigenvalue weighted by Crippen LogP contribution is -2.67. The Hall–Kier alpha value is -3.14. The molecule has 2 rings (SSSR count). The van der Waals surface area contributed by atoms with Crippen molar-refractivity contribution in [2.75, 3.05) is 13.1 Å². The molecular weight excluding hydrogens is 338 g/mol. The Kier molecular flexibility index (Phi) is 6.92. The number of hydrazone groups is 1. The minimum absolute atomic E-state index is 0.114. The SMILES string of the molecule is N/C(=N\[N+](=O)[O-])NCCC[C@H]([NH3+])C(=O)NCCc1c[nH]c2ccccc12. The van der Waals surface area contributed by atoms with E-state index in [1.807, 2.05) is 30.5 Å². The number of nitrogens with one attached hydrogen (secondary N) is 3. The number of nitrogens with two attached hydrogens (primary N) is 1. The summed E-state index contributed by atoms with van der Waals surface area (Å²) in [6.07, 6.45) is 3.83. The molecule has 0 saturated heterocycles. The molecule has 0 unspecified atom stereocenters. The number of hydrogen-bond donors (Lipinski definition) is 5. The Bertz CT molecular complexity index is 787. The van der Waals surface area contributed by atoms with Gasteiger partial charge in [-0.25, -0.2) is 10.1 Å². The van der Waals surface area contributed by atoms with E-state index in [0.29, 0.717) is 25.9 Å². The van der Waals surface area contributed by atoms with Crippen LogP contribution in [0.15, 0.2) is 35.6 Å². The number of hydrogen-bond acceptors (Lipinski definition) is 3. The summed E-state index contributed by atoms with van der Waals surface area (Å²) < 4.78 is 0. The van der Waals surface area contributed by atoms with Crippen molar-refractivity contribution in [3.05, 3.63) is 46.1 Å². The zero-order chi connectivity index (χ0) is 18.9. The molecular formula is C16H24N7O3+. The molecule has 1 aromatic carbocycles. The molecule has 1 aromatic heterocycles. The number of amides is 1. The molecule has 2 aromatic rings. The van der Waals surface area contributed by atoms with Crippen LogP contribution in [0.5, 0.6) is 0 Å². The van der Waals surface area contributed by atoms with E-state index in [2.05, 4.69) is 26.5 Å². The third-order valence-electron chi connectivity index (χ3n) is 3.96. The van der Waals surface area contributed by atoms with Gasteiger partial charge in [0, 0.05) is 36.6 Å². The highest BCUT2D eigenvalue weighted by Gasteiger charge is 2.16. The lowest BCUT2D eigenvalue weighted by molar-refractivity contribution is -0.485. The number of nitro groups is 1. The first-order valence-corrected chi connectivity index (χ1v) is 8.35. The largest absolute Gasteiger partial charge is 0.365 e. The predicted octanol–water partition coefficient (Wildman–Crippen LogP) is -0.687. The van der Waals surface area contributed by atoms with Gasteiger partial charge in [0.05, 0.1) is 0 Å². The highest BCUT2D eigenvalue weighted by atomic mass is 16.7. The maximum absolute atomic E-state index is 12.1. The molecule has 1 heterocycles. The first-order chi connectivity index (χ1) is 12.5. The van der Waals surface area contributed by atoms with E-state index < -0.39 is 11.1 Å². The third kappa shape index (κ3) is 5.74. The standard InChI is InChI=1S/C16H23N7O3/c17-13(5-3-8-20-16(18)22-23(25)26)15(24)19-9-7-11-10-21-14-6-2-1-4-12(11)14/h1-2,4,6,10,13,21H,3,5,7-9,17H2,(H,19,24)(H3,18,20,22)/p+1/t13-/m0/s1. The summed E-state index contributed by atoms with van der Waals surface area (Å²) in [5, 5.41) is 18.8. The van der Waals surface area contributed by atoms with Crippen molar-refractivity contribution >= 4 is 22.8 Å². The zero-order valence-electron chi connectivity index (χ0n) is 14.4. The zero-order valence-corrected chi connectivity index (χ0v) is 14.4. The molecule has 0 spiro atoms. The minimum atomic E-state index is -0.867. The second-order valence-corrected chi connectivity index (χ2v) is 5.89. The van der Waals surface area contributed by atoms with Crippen LogP contribution < -0.4 is 22.1 Å². The van der Waals surface area contributed by atoms with E-state index in [9.17, 15) is 14.9 Å². The number of aromatic nitrogens is 1. The smallest absolute Gasteiger partial charge is 0.278 e. The van der Waals surface area contributed by atoms with Gasteiger partial charge in [-0.15, -0.1) is 0 Å². The van der Waals surface area contributed by atoms with Crippen molar-refractivity contribution < 1.29 is 15.6 Å². The molecule has 0 fully saturated rings. The van der Waals surface area contributed by atoms with Gasteiger partial charge in [0.15, 0.2) is 11.1 Å². The van der Waals surface area contributed by atoms with Crippen LogP contribution in [-0.4, -0.2) is 41.0 Å². The van der Waals surface area contributed by atoms with Gasteiger partial charge in [-0.1, -0.05) is 18.2 Å². The Morgan fingerprint density at radius 1 is 1.35 bits per heavy atom. The van der Waals surface area contributed by atoms with Crippen molar-refractivity contribution in [1.29, 1.82) is 0 Å². The predicted molar refractivity (Wildman–Crippen MR) is 97.5 cm³/mol. The molecule has 26 heavy (non-hydrogen) atoms. The Morgan fingerprint density at radius 2 is 2.12 bits per heavy atom. The van der Waals surface area contributed by atoms with Crippen LogP contribution in [0.25, 0.3) is 10.9 Å². The molecule has 1 atom stereocenters. The van der Waals surface area contributed by atoms with Crippen LogP contribution in [0.1, 0.15) is 18.4 Å². The van der Waals surface area contributed by atoms with Crippen molar-refractivity contribution in [2.45, 2.75) is 25.3 Å². The fourth-order valence-electron chi connectivity index (χ4n) is 2.62. The summed E-state index contributed by atoms with van der Waals surface area (Å²) in [6, 6.07) is 7.63. The lowest BCUT2D eigenvalue weighted by Gasteiger charge is -2.10. The maximum Gasteiger partial charge on any atom is 0.278 e. The number of quaternary nitrogens is 1. The molecule has 140 valence electrons. The van der Waals surface area contributed by atoms with Crippen LogP contribution in [0, 0.1) is 10.1 Å². The number of H-pyrrole nitrogens is 1. The number of carbonyl (C=O) groups excluding carboxylic acids is 1. The first kappa shape index (κ1) is 19.2. The third-order valence-corrected chi connectivity index (χ3v) is 3.96. The van der Waals surface area contributed by atoms with Gasteiger partial charge in [0.25, 0.3) is 11.9 Å². The second-order valence-electron chi connectivity index (χ2n) is 5.89. The highest BCUT2D eigenvalue weighted by molar-refractivity contribution is 5.83. The first-order valence-electron chi connectivity index (χ1n) is 8.35. The van der Waals surface area contributed by atoms with E-state index in [1.54, 1.807) is 0 Å². The van der Waals surface area contributed by atoms with Gasteiger partial charge < -0.3 is 27.1 Å². The van der Waals surface area contributed by atoms with E-state index in [0.717, 1.165) is 22.9 Å². The second kappa shape index (κ2) is 9.37. The Labute approximate surface area is 150 Å². The topological polar surface area (TPSA) is 166 Å². The van der Waals surface area contributed by atoms with E-state index in [1.165, 1.54) is 0 Å². The monoisotopic (exact) mass is 362 g/mol. The summed E-state index contributed by atoms with van der Waals surface area (Å²) >= 11 is 0. The van der Waals surface area contributed by atoms with Gasteiger partial charge in [-0.05, 0) is 24.5 Å². The van der Waals surface area contributed by atoms with Crippen LogP contribution >= 0.6 is 0 Å². The van der Waals surface area contributed by atoms with Crippen molar-refractivity contribution in [1.82, 2.24) is 15.6 Å². The summed E-state index contributed by atoms with van der Waals surface area (Å²) in [6.45, 7) is 0.922. The number of nitrogens with zero attached hydrogens (tertiary/aromatic N) is 2. The lowest BCUT2D eigenvalue weighted by atomic mass is 10.1. The molecule has 0 radical (unpaired) electrons. The fraction of sp³-hybridized carbons (Fsp3) is 0.375. The minimum Gasteiger partial charge on any atom is -0.365 e. The van der Waals surface area contributed by atoms with Crippen molar-refractivity contribution in [3.63, 3.8) is 0 Å². The molecule has 8 N–H and O–H groups in total. The molecule has 0 saturated carbocycles. The average molecular weight is 362 g/mol. The van der Waals surface area contributed by atoms with E-state index >= 15 is 0 Å². The van der Waals surface area contributed by atoms with Gasteiger partial charge >= 0.3 is 0 Å². The van der Waals surface area contributed by atoms with Gasteiger partial charge in [-0.2, -0.15) is 0 Å². The van der Waals surface area contributed by atoms with E-state index in [4.69, 9.17) is 5.73 Å². The number of aromatic amines is 1. The van der Waals surface area contributed by atoms with Crippen LogP contribution in [0.4, 0.5) is 0 Å². The number of carbonyl (C=O) groups is 1. The fourth-order valence-corrected chi connectivity index (χ4v) is 2.62. The van der Waals surface area contributed by atoms with Gasteiger partial charge in [0.1, 0.15) is 5.10 Å². The van der Waals surface area contributed by atoms with Crippen molar-refractivity contribution in [3.8, 4) is 0 Å². The molecule has 0 bridgehead atoms.